The van der Waals surface area contributed by atoms with Crippen molar-refractivity contribution in [3.63, 3.8) is 0 Å². The number of fused-ring (bicyclic) bond motifs is 1. The molecule has 224 valence electrons. The van der Waals surface area contributed by atoms with Gasteiger partial charge in [-0.3, -0.25) is 19.2 Å². The standard InChI is InChI=1S/C27H38ClN7O6/c1-27(2)25(39)31-20(17-18-9-4-3-5-10-18)24(38)34-15-8-12-21(34)23(37)30-19(22(36)32-27)11-6-7-14-29-26(40)35(33-41)16-13-28/h3-5,9-10,19-21H,6-8,11-17H2,1-2H3,(H,29,40)(H,30,37)(H,31,39)(H,32,36)/t19-,20-,21+/m0/s1. The number of amides is 6. The Balaban J connectivity index is 1.72. The van der Waals surface area contributed by atoms with Gasteiger partial charge in [-0.2, -0.15) is 5.01 Å². The second-order valence-corrected chi connectivity index (χ2v) is 11.1. The molecule has 1 aromatic carbocycles. The van der Waals surface area contributed by atoms with Gasteiger partial charge in [0.25, 0.3) is 0 Å². The number of carbonyl (C=O) groups is 5. The van der Waals surface area contributed by atoms with Crippen LogP contribution in [0.1, 0.15) is 51.5 Å². The smallest absolute Gasteiger partial charge is 0.340 e. The van der Waals surface area contributed by atoms with Crippen molar-refractivity contribution in [1.29, 1.82) is 0 Å². The summed E-state index contributed by atoms with van der Waals surface area (Å²) in [5.74, 6) is -1.77. The maximum atomic E-state index is 13.7. The third kappa shape index (κ3) is 8.62. The Morgan fingerprint density at radius 1 is 1.10 bits per heavy atom. The molecule has 0 bridgehead atoms. The summed E-state index contributed by atoms with van der Waals surface area (Å²) in [4.78, 5) is 77.9. The maximum absolute atomic E-state index is 13.7. The number of benzene rings is 1. The molecule has 14 heteroatoms. The summed E-state index contributed by atoms with van der Waals surface area (Å²) >= 11 is 5.55. The van der Waals surface area contributed by atoms with Crippen LogP contribution in [0, 0.1) is 4.91 Å². The van der Waals surface area contributed by atoms with Crippen molar-refractivity contribution >= 4 is 41.3 Å². The largest absolute Gasteiger partial charge is 0.343 e. The number of nitroso groups, excluding NO2 is 1. The van der Waals surface area contributed by atoms with Gasteiger partial charge in [-0.15, -0.1) is 16.5 Å². The minimum atomic E-state index is -1.37. The number of rotatable bonds is 10. The van der Waals surface area contributed by atoms with Gasteiger partial charge in [0.15, 0.2) is 0 Å². The quantitative estimate of drug-likeness (QED) is 0.138. The molecular weight excluding hydrogens is 554 g/mol. The Morgan fingerprint density at radius 3 is 2.51 bits per heavy atom. The van der Waals surface area contributed by atoms with Gasteiger partial charge in [-0.25, -0.2) is 4.79 Å². The molecule has 2 aliphatic rings. The number of hydrogen-bond donors (Lipinski definition) is 4. The summed E-state index contributed by atoms with van der Waals surface area (Å²) in [5, 5.41) is 14.2. The van der Waals surface area contributed by atoms with E-state index in [4.69, 9.17) is 11.6 Å². The third-order valence-electron chi connectivity index (χ3n) is 7.19. The van der Waals surface area contributed by atoms with Crippen molar-refractivity contribution in [3.8, 4) is 0 Å². The molecule has 2 fully saturated rings. The van der Waals surface area contributed by atoms with E-state index in [0.717, 1.165) is 5.56 Å². The average Bonchev–Trinajstić information content (AvgIpc) is 3.44. The van der Waals surface area contributed by atoms with Crippen LogP contribution in [0.4, 0.5) is 4.79 Å². The number of alkyl halides is 1. The zero-order valence-electron chi connectivity index (χ0n) is 23.4. The lowest BCUT2D eigenvalue weighted by Gasteiger charge is -2.34. The Hall–Kier alpha value is -3.74. The third-order valence-corrected chi connectivity index (χ3v) is 7.36. The lowest BCUT2D eigenvalue weighted by atomic mass is 9.98. The zero-order chi connectivity index (χ0) is 30.0. The van der Waals surface area contributed by atoms with Gasteiger partial charge in [-0.1, -0.05) is 30.3 Å². The second kappa shape index (κ2) is 14.8. The predicted octanol–water partition coefficient (Wildman–Crippen LogP) is 1.20. The average molecular weight is 592 g/mol. The molecule has 3 atom stereocenters. The van der Waals surface area contributed by atoms with Crippen LogP contribution in [0.15, 0.2) is 35.6 Å². The van der Waals surface area contributed by atoms with Crippen molar-refractivity contribution in [2.45, 2.75) is 76.0 Å². The Labute approximate surface area is 244 Å². The summed E-state index contributed by atoms with van der Waals surface area (Å²) < 4.78 is 0. The second-order valence-electron chi connectivity index (χ2n) is 10.7. The molecule has 0 unspecified atom stereocenters. The monoisotopic (exact) mass is 591 g/mol. The number of urea groups is 1. The van der Waals surface area contributed by atoms with Crippen LogP contribution < -0.4 is 21.3 Å². The molecule has 0 aromatic heterocycles. The molecule has 1 aromatic rings. The Kier molecular flexibility index (Phi) is 11.4. The van der Waals surface area contributed by atoms with E-state index in [0.29, 0.717) is 37.2 Å². The van der Waals surface area contributed by atoms with E-state index in [2.05, 4.69) is 26.6 Å². The topological polar surface area (TPSA) is 169 Å². The van der Waals surface area contributed by atoms with E-state index in [1.54, 1.807) is 0 Å². The summed E-state index contributed by atoms with van der Waals surface area (Å²) in [7, 11) is 0. The van der Waals surface area contributed by atoms with E-state index >= 15 is 0 Å². The number of unbranched alkanes of at least 4 members (excludes halogenated alkanes) is 1. The normalized spacial score (nSPS) is 22.8. The molecule has 4 N–H and O–H groups in total. The van der Waals surface area contributed by atoms with Gasteiger partial charge < -0.3 is 26.2 Å². The highest BCUT2D eigenvalue weighted by Gasteiger charge is 2.42. The number of nitrogens with one attached hydrogen (secondary N) is 4. The van der Waals surface area contributed by atoms with Gasteiger partial charge in [0.2, 0.25) is 23.6 Å². The van der Waals surface area contributed by atoms with Gasteiger partial charge in [0.1, 0.15) is 23.7 Å². The maximum Gasteiger partial charge on any atom is 0.340 e. The first-order valence-corrected chi connectivity index (χ1v) is 14.3. The minimum Gasteiger partial charge on any atom is -0.343 e. The molecule has 2 heterocycles. The zero-order valence-corrected chi connectivity index (χ0v) is 24.1. The van der Waals surface area contributed by atoms with E-state index in [1.807, 2.05) is 30.3 Å². The number of hydrogen-bond acceptors (Lipinski definition) is 7. The molecular formula is C27H38ClN7O6. The minimum absolute atomic E-state index is 0.0256. The summed E-state index contributed by atoms with van der Waals surface area (Å²) in [6.45, 7) is 3.63. The number of nitrogens with zero attached hydrogens (tertiary/aromatic N) is 3. The van der Waals surface area contributed by atoms with Gasteiger partial charge >= 0.3 is 6.03 Å². The first-order chi connectivity index (χ1) is 19.6. The van der Waals surface area contributed by atoms with Gasteiger partial charge in [-0.05, 0) is 51.5 Å². The molecule has 41 heavy (non-hydrogen) atoms. The first-order valence-electron chi connectivity index (χ1n) is 13.8. The van der Waals surface area contributed by atoms with Crippen LogP contribution in [0.2, 0.25) is 0 Å². The fourth-order valence-corrected chi connectivity index (χ4v) is 5.06. The molecule has 13 nitrogen and oxygen atoms in total. The highest BCUT2D eigenvalue weighted by atomic mass is 35.5. The van der Waals surface area contributed by atoms with Crippen molar-refractivity contribution in [2.75, 3.05) is 25.5 Å². The molecule has 0 aliphatic carbocycles. The van der Waals surface area contributed by atoms with Crippen molar-refractivity contribution in [3.05, 3.63) is 40.8 Å². The van der Waals surface area contributed by atoms with E-state index in [1.165, 1.54) is 18.7 Å². The van der Waals surface area contributed by atoms with Crippen molar-refractivity contribution in [1.82, 2.24) is 31.2 Å². The van der Waals surface area contributed by atoms with Crippen LogP contribution in [-0.4, -0.2) is 88.7 Å². The summed E-state index contributed by atoms with van der Waals surface area (Å²) in [6, 6.07) is 5.97. The molecule has 0 saturated carbocycles. The highest BCUT2D eigenvalue weighted by molar-refractivity contribution is 6.18. The predicted molar refractivity (Wildman–Crippen MR) is 151 cm³/mol. The van der Waals surface area contributed by atoms with Crippen LogP contribution in [-0.2, 0) is 25.6 Å². The molecule has 3 rings (SSSR count). The van der Waals surface area contributed by atoms with Crippen molar-refractivity contribution < 1.29 is 24.0 Å². The van der Waals surface area contributed by atoms with Gasteiger partial charge in [0.05, 0.1) is 11.8 Å². The summed E-state index contributed by atoms with van der Waals surface area (Å²) in [5.41, 5.74) is -0.522. The molecule has 6 amide bonds. The molecule has 2 saturated heterocycles. The Bertz CT molecular complexity index is 1120. The van der Waals surface area contributed by atoms with Gasteiger partial charge in [0, 0.05) is 25.4 Å². The fraction of sp³-hybridized carbons (Fsp3) is 0.593. The lowest BCUT2D eigenvalue weighted by molar-refractivity contribution is -0.144. The molecule has 0 spiro atoms. The van der Waals surface area contributed by atoms with Crippen LogP contribution >= 0.6 is 11.6 Å². The lowest BCUT2D eigenvalue weighted by Crippen LogP contribution is -2.64. The van der Waals surface area contributed by atoms with Crippen molar-refractivity contribution in [2.24, 2.45) is 5.29 Å². The van der Waals surface area contributed by atoms with E-state index in [-0.39, 0.29) is 37.7 Å². The fourth-order valence-electron chi connectivity index (χ4n) is 4.90. The van der Waals surface area contributed by atoms with Crippen LogP contribution in [0.25, 0.3) is 0 Å². The first kappa shape index (κ1) is 31.8. The van der Waals surface area contributed by atoms with Crippen LogP contribution in [0.3, 0.4) is 0 Å². The Morgan fingerprint density at radius 2 is 1.83 bits per heavy atom. The molecule has 0 radical (unpaired) electrons. The number of carbonyl (C=O) groups excluding carboxylic acids is 5. The number of halogens is 1. The van der Waals surface area contributed by atoms with E-state index in [9.17, 15) is 28.9 Å². The van der Waals surface area contributed by atoms with Crippen LogP contribution in [0.5, 0.6) is 0 Å². The SMILES string of the molecule is CC1(C)NC(=O)[C@H](CCCCNC(=O)N(CCCl)N=O)NC(=O)[C@H]2CCCN2C(=O)[C@H](Cc2ccccc2)NC1=O. The summed E-state index contributed by atoms with van der Waals surface area (Å²) in [6.07, 6.45) is 2.40. The highest BCUT2D eigenvalue weighted by Crippen LogP contribution is 2.21. The molecule has 2 aliphatic heterocycles. The van der Waals surface area contributed by atoms with E-state index < -0.39 is 47.4 Å².